The van der Waals surface area contributed by atoms with Crippen molar-refractivity contribution in [2.75, 3.05) is 5.73 Å². The van der Waals surface area contributed by atoms with Gasteiger partial charge in [0.05, 0.1) is 10.7 Å². The fraction of sp³-hybridized carbons (Fsp3) is 0.250. The van der Waals surface area contributed by atoms with Gasteiger partial charge in [-0.2, -0.15) is 5.10 Å². The summed E-state index contributed by atoms with van der Waals surface area (Å²) in [7, 11) is 0. The molecule has 0 atom stereocenters. The predicted octanol–water partition coefficient (Wildman–Crippen LogP) is 1.73. The van der Waals surface area contributed by atoms with Crippen LogP contribution in [0.25, 0.3) is 11.4 Å². The lowest BCUT2D eigenvalue weighted by Gasteiger charge is -1.90. The van der Waals surface area contributed by atoms with Gasteiger partial charge in [-0.25, -0.2) is 4.98 Å². The normalized spacial score (nSPS) is 10.6. The second-order valence-electron chi connectivity index (χ2n) is 2.84. The Bertz CT molecular complexity index is 429. The Morgan fingerprint density at radius 1 is 1.46 bits per heavy atom. The molecule has 0 spiro atoms. The summed E-state index contributed by atoms with van der Waals surface area (Å²) in [6.45, 7) is 4.03. The summed E-state index contributed by atoms with van der Waals surface area (Å²) < 4.78 is 0. The minimum atomic E-state index is 0.500. The molecule has 2 heterocycles. The summed E-state index contributed by atoms with van der Waals surface area (Å²) in [6, 6.07) is 1.79. The highest BCUT2D eigenvalue weighted by atomic mass is 32.1. The summed E-state index contributed by atoms with van der Waals surface area (Å²) >= 11 is 1.67. The number of thiazole rings is 1. The zero-order valence-corrected chi connectivity index (χ0v) is 8.27. The van der Waals surface area contributed by atoms with E-state index in [1.807, 2.05) is 13.8 Å². The van der Waals surface area contributed by atoms with Crippen LogP contribution in [0.15, 0.2) is 6.07 Å². The summed E-state index contributed by atoms with van der Waals surface area (Å²) in [5.41, 5.74) is 7.35. The first-order valence-electron chi connectivity index (χ1n) is 3.92. The summed E-state index contributed by atoms with van der Waals surface area (Å²) in [4.78, 5) is 5.57. The van der Waals surface area contributed by atoms with Gasteiger partial charge in [-0.3, -0.25) is 5.10 Å². The molecule has 0 fully saturated rings. The minimum absolute atomic E-state index is 0.500. The van der Waals surface area contributed by atoms with E-state index >= 15 is 0 Å². The van der Waals surface area contributed by atoms with Gasteiger partial charge in [0.2, 0.25) is 0 Å². The Hall–Kier alpha value is -1.36. The average Bonchev–Trinajstić information content (AvgIpc) is 2.58. The highest BCUT2D eigenvalue weighted by Crippen LogP contribution is 2.26. The molecule has 0 amide bonds. The van der Waals surface area contributed by atoms with E-state index < -0.39 is 0 Å². The Morgan fingerprint density at radius 3 is 2.69 bits per heavy atom. The van der Waals surface area contributed by atoms with Crippen LogP contribution in [-0.2, 0) is 0 Å². The Morgan fingerprint density at radius 2 is 2.23 bits per heavy atom. The number of nitrogen functional groups attached to an aromatic ring is 1. The number of aromatic amines is 1. The first kappa shape index (κ1) is 8.25. The number of aryl methyl sites for hydroxylation is 2. The number of H-pyrrole nitrogens is 1. The van der Waals surface area contributed by atoms with Crippen LogP contribution < -0.4 is 5.73 Å². The molecule has 0 radical (unpaired) electrons. The molecule has 0 aliphatic rings. The zero-order chi connectivity index (χ0) is 9.42. The van der Waals surface area contributed by atoms with E-state index in [2.05, 4.69) is 15.2 Å². The minimum Gasteiger partial charge on any atom is -0.382 e. The molecule has 0 saturated heterocycles. The van der Waals surface area contributed by atoms with E-state index in [0.717, 1.165) is 16.4 Å². The average molecular weight is 194 g/mol. The molecule has 0 aromatic carbocycles. The van der Waals surface area contributed by atoms with E-state index in [1.54, 1.807) is 17.4 Å². The van der Waals surface area contributed by atoms with Gasteiger partial charge >= 0.3 is 0 Å². The smallest absolute Gasteiger partial charge is 0.145 e. The zero-order valence-electron chi connectivity index (χ0n) is 7.46. The molecule has 68 valence electrons. The number of nitrogens with zero attached hydrogens (tertiary/aromatic N) is 2. The summed E-state index contributed by atoms with van der Waals surface area (Å²) in [5.74, 6) is 0.500. The van der Waals surface area contributed by atoms with Crippen LogP contribution in [0.3, 0.4) is 0 Å². The van der Waals surface area contributed by atoms with Crippen LogP contribution in [-0.4, -0.2) is 15.2 Å². The lowest BCUT2D eigenvalue weighted by Crippen LogP contribution is -1.81. The van der Waals surface area contributed by atoms with Crippen molar-refractivity contribution < 1.29 is 0 Å². The molecule has 3 N–H and O–H groups in total. The summed E-state index contributed by atoms with van der Waals surface area (Å²) in [6.07, 6.45) is 0. The van der Waals surface area contributed by atoms with E-state index in [4.69, 9.17) is 5.73 Å². The van der Waals surface area contributed by atoms with Crippen molar-refractivity contribution in [1.82, 2.24) is 15.2 Å². The third-order valence-corrected chi connectivity index (χ3v) is 2.64. The maximum Gasteiger partial charge on any atom is 0.145 e. The van der Waals surface area contributed by atoms with Crippen LogP contribution in [0, 0.1) is 13.8 Å². The van der Waals surface area contributed by atoms with E-state index in [-0.39, 0.29) is 0 Å². The third kappa shape index (κ3) is 1.42. The Kier molecular flexibility index (Phi) is 1.81. The van der Waals surface area contributed by atoms with Gasteiger partial charge in [0.1, 0.15) is 11.5 Å². The number of hydrogen-bond donors (Lipinski definition) is 2. The maximum absolute atomic E-state index is 5.51. The summed E-state index contributed by atoms with van der Waals surface area (Å²) in [5, 5.41) is 7.76. The van der Waals surface area contributed by atoms with Crippen molar-refractivity contribution in [3.05, 3.63) is 16.0 Å². The number of rotatable bonds is 1. The molecule has 2 rings (SSSR count). The van der Waals surface area contributed by atoms with Crippen molar-refractivity contribution in [3.8, 4) is 11.4 Å². The number of anilines is 1. The molecule has 0 saturated carbocycles. The molecule has 0 bridgehead atoms. The maximum atomic E-state index is 5.51. The van der Waals surface area contributed by atoms with Crippen LogP contribution in [0.1, 0.15) is 9.88 Å². The molecular formula is C8H10N4S. The van der Waals surface area contributed by atoms with Crippen molar-refractivity contribution in [1.29, 1.82) is 0 Å². The van der Waals surface area contributed by atoms with E-state index in [9.17, 15) is 0 Å². The molecule has 0 unspecified atom stereocenters. The van der Waals surface area contributed by atoms with Crippen molar-refractivity contribution in [2.24, 2.45) is 0 Å². The van der Waals surface area contributed by atoms with Crippen LogP contribution >= 0.6 is 11.3 Å². The van der Waals surface area contributed by atoms with Gasteiger partial charge in [0.25, 0.3) is 0 Å². The first-order chi connectivity index (χ1) is 6.16. The topological polar surface area (TPSA) is 67.6 Å². The Labute approximate surface area is 79.8 Å². The molecule has 5 heteroatoms. The third-order valence-electron chi connectivity index (χ3n) is 1.76. The highest BCUT2D eigenvalue weighted by molar-refractivity contribution is 7.11. The lowest BCUT2D eigenvalue weighted by atomic mass is 10.3. The van der Waals surface area contributed by atoms with Crippen LogP contribution in [0.4, 0.5) is 5.82 Å². The van der Waals surface area contributed by atoms with Gasteiger partial charge < -0.3 is 5.73 Å². The lowest BCUT2D eigenvalue weighted by molar-refractivity contribution is 1.09. The van der Waals surface area contributed by atoms with E-state index in [1.165, 1.54) is 4.88 Å². The van der Waals surface area contributed by atoms with Gasteiger partial charge in [-0.15, -0.1) is 11.3 Å². The number of hydrogen-bond acceptors (Lipinski definition) is 4. The first-order valence-corrected chi connectivity index (χ1v) is 4.74. The fourth-order valence-corrected chi connectivity index (χ4v) is 2.07. The molecule has 13 heavy (non-hydrogen) atoms. The molecule has 4 nitrogen and oxygen atoms in total. The fourth-order valence-electron chi connectivity index (χ4n) is 1.24. The van der Waals surface area contributed by atoms with Crippen molar-refractivity contribution in [2.45, 2.75) is 13.8 Å². The van der Waals surface area contributed by atoms with E-state index in [0.29, 0.717) is 5.82 Å². The molecular weight excluding hydrogens is 184 g/mol. The second kappa shape index (κ2) is 2.85. The molecule has 0 aliphatic heterocycles. The largest absolute Gasteiger partial charge is 0.382 e. The second-order valence-corrected chi connectivity index (χ2v) is 4.25. The van der Waals surface area contributed by atoms with Gasteiger partial charge in [-0.05, 0) is 13.8 Å². The Balaban J connectivity index is 2.51. The van der Waals surface area contributed by atoms with Gasteiger partial charge in [0, 0.05) is 10.9 Å². The quantitative estimate of drug-likeness (QED) is 0.726. The van der Waals surface area contributed by atoms with Gasteiger partial charge in [-0.1, -0.05) is 0 Å². The monoisotopic (exact) mass is 194 g/mol. The van der Waals surface area contributed by atoms with Gasteiger partial charge in [0.15, 0.2) is 0 Å². The van der Waals surface area contributed by atoms with Crippen molar-refractivity contribution >= 4 is 17.2 Å². The predicted molar refractivity (Wildman–Crippen MR) is 53.6 cm³/mol. The van der Waals surface area contributed by atoms with Crippen LogP contribution in [0.5, 0.6) is 0 Å². The number of nitrogens with two attached hydrogens (primary N) is 1. The molecule has 0 aliphatic carbocycles. The number of aromatic nitrogens is 3. The number of nitrogens with one attached hydrogen (secondary N) is 1. The highest BCUT2D eigenvalue weighted by Gasteiger charge is 2.09. The molecule has 2 aromatic heterocycles. The van der Waals surface area contributed by atoms with Crippen LogP contribution in [0.2, 0.25) is 0 Å². The standard InChI is InChI=1S/C8H10N4S/c1-4-8(10-5(2)13-4)6-3-7(9)12-11-6/h3H,1-2H3,(H3,9,11,12). The SMILES string of the molecule is Cc1nc(-c2cc(N)n[nH]2)c(C)s1. The van der Waals surface area contributed by atoms with Crippen molar-refractivity contribution in [3.63, 3.8) is 0 Å². The molecule has 2 aromatic rings.